The zero-order chi connectivity index (χ0) is 25.1. The molecule has 0 radical (unpaired) electrons. The van der Waals surface area contributed by atoms with Crippen molar-refractivity contribution in [1.29, 1.82) is 0 Å². The second-order valence-corrected chi connectivity index (χ2v) is 11.2. The van der Waals surface area contributed by atoms with E-state index in [1.165, 1.54) is 19.3 Å². The monoisotopic (exact) mass is 482 g/mol. The summed E-state index contributed by atoms with van der Waals surface area (Å²) in [6.45, 7) is 11.6. The van der Waals surface area contributed by atoms with Crippen molar-refractivity contribution in [1.82, 2.24) is 0 Å². The number of hydrogen-bond donors (Lipinski definition) is 0. The SMILES string of the molecule is CCC(C)(C)C(=O)OC1C2CC3C(=O)OC1C3O2.CCC(C)(C)C(=O)OCOC1CCCCC1. The minimum absolute atomic E-state index is 0.118. The van der Waals surface area contributed by atoms with Crippen LogP contribution in [0.2, 0.25) is 0 Å². The van der Waals surface area contributed by atoms with Crippen molar-refractivity contribution in [3.8, 4) is 0 Å². The van der Waals surface area contributed by atoms with Crippen molar-refractivity contribution in [2.45, 2.75) is 123 Å². The summed E-state index contributed by atoms with van der Waals surface area (Å²) in [5.41, 5.74) is -0.903. The van der Waals surface area contributed by atoms with Gasteiger partial charge < -0.3 is 23.7 Å². The van der Waals surface area contributed by atoms with E-state index in [9.17, 15) is 14.4 Å². The van der Waals surface area contributed by atoms with Gasteiger partial charge in [0.05, 0.1) is 29.0 Å². The molecule has 34 heavy (non-hydrogen) atoms. The van der Waals surface area contributed by atoms with Gasteiger partial charge >= 0.3 is 17.9 Å². The summed E-state index contributed by atoms with van der Waals surface area (Å²) in [6, 6.07) is 0. The molecule has 0 aromatic heterocycles. The summed E-state index contributed by atoms with van der Waals surface area (Å²) < 4.78 is 27.2. The number of fused-ring (bicyclic) bond motifs is 1. The molecule has 0 N–H and O–H groups in total. The van der Waals surface area contributed by atoms with E-state index in [1.807, 2.05) is 41.5 Å². The summed E-state index contributed by atoms with van der Waals surface area (Å²) in [6.07, 6.45) is 7.21. The van der Waals surface area contributed by atoms with E-state index in [0.29, 0.717) is 18.9 Å². The third-order valence-electron chi connectivity index (χ3n) is 7.95. The summed E-state index contributed by atoms with van der Waals surface area (Å²) >= 11 is 0. The second kappa shape index (κ2) is 10.9. The lowest BCUT2D eigenvalue weighted by molar-refractivity contribution is -0.172. The Kier molecular flexibility index (Phi) is 8.66. The van der Waals surface area contributed by atoms with Gasteiger partial charge in [-0.1, -0.05) is 33.1 Å². The molecule has 1 aliphatic carbocycles. The Balaban J connectivity index is 0.000000192. The van der Waals surface area contributed by atoms with Gasteiger partial charge in [-0.25, -0.2) is 0 Å². The van der Waals surface area contributed by atoms with E-state index >= 15 is 0 Å². The third kappa shape index (κ3) is 5.93. The van der Waals surface area contributed by atoms with Gasteiger partial charge in [-0.2, -0.15) is 0 Å². The second-order valence-electron chi connectivity index (χ2n) is 11.2. The van der Waals surface area contributed by atoms with Crippen LogP contribution >= 0.6 is 0 Å². The molecule has 194 valence electrons. The highest BCUT2D eigenvalue weighted by Crippen LogP contribution is 2.47. The van der Waals surface area contributed by atoms with E-state index in [-0.39, 0.29) is 42.8 Å². The Bertz CT molecular complexity index is 739. The van der Waals surface area contributed by atoms with Gasteiger partial charge in [0, 0.05) is 0 Å². The van der Waals surface area contributed by atoms with E-state index < -0.39 is 23.0 Å². The zero-order valence-electron chi connectivity index (χ0n) is 21.6. The topological polar surface area (TPSA) is 97.4 Å². The number of hydrogen-bond acceptors (Lipinski definition) is 8. The van der Waals surface area contributed by atoms with Gasteiger partial charge in [-0.3, -0.25) is 14.4 Å². The van der Waals surface area contributed by atoms with Crippen LogP contribution < -0.4 is 0 Å². The summed E-state index contributed by atoms with van der Waals surface area (Å²) in [4.78, 5) is 35.2. The normalized spacial score (nSPS) is 30.4. The molecule has 8 nitrogen and oxygen atoms in total. The first-order chi connectivity index (χ1) is 16.0. The molecule has 0 amide bonds. The molecule has 4 aliphatic rings. The smallest absolute Gasteiger partial charge is 0.313 e. The van der Waals surface area contributed by atoms with Crippen LogP contribution in [0.5, 0.6) is 0 Å². The van der Waals surface area contributed by atoms with Crippen LogP contribution in [0.1, 0.15) is 92.9 Å². The lowest BCUT2D eigenvalue weighted by atomic mass is 9.87. The molecule has 4 fully saturated rings. The molecular weight excluding hydrogens is 440 g/mol. The highest BCUT2D eigenvalue weighted by atomic mass is 16.7. The zero-order valence-corrected chi connectivity index (χ0v) is 21.6. The molecule has 0 aromatic rings. The number of esters is 3. The van der Waals surface area contributed by atoms with Gasteiger partial charge in [0.15, 0.2) is 19.0 Å². The molecule has 1 saturated carbocycles. The van der Waals surface area contributed by atoms with Crippen molar-refractivity contribution in [3.63, 3.8) is 0 Å². The fraction of sp³-hybridized carbons (Fsp3) is 0.885. The fourth-order valence-corrected chi connectivity index (χ4v) is 4.56. The molecule has 3 aliphatic heterocycles. The number of carbonyl (C=O) groups is 3. The van der Waals surface area contributed by atoms with Gasteiger partial charge in [-0.05, 0) is 59.8 Å². The van der Waals surface area contributed by atoms with Crippen LogP contribution in [0.3, 0.4) is 0 Å². The average molecular weight is 483 g/mol. The van der Waals surface area contributed by atoms with Gasteiger partial charge in [-0.15, -0.1) is 0 Å². The van der Waals surface area contributed by atoms with E-state index in [4.69, 9.17) is 23.7 Å². The van der Waals surface area contributed by atoms with Crippen LogP contribution in [-0.4, -0.2) is 55.2 Å². The van der Waals surface area contributed by atoms with E-state index in [0.717, 1.165) is 19.3 Å². The maximum atomic E-state index is 12.1. The highest BCUT2D eigenvalue weighted by Gasteiger charge is 2.65. The Labute approximate surface area is 203 Å². The number of ether oxygens (including phenoxy) is 5. The minimum atomic E-state index is -0.510. The summed E-state index contributed by atoms with van der Waals surface area (Å²) in [7, 11) is 0. The molecule has 3 heterocycles. The Hall–Kier alpha value is -1.67. The first-order valence-corrected chi connectivity index (χ1v) is 12.9. The van der Waals surface area contributed by atoms with Crippen LogP contribution in [0, 0.1) is 16.7 Å². The molecule has 0 spiro atoms. The van der Waals surface area contributed by atoms with Crippen LogP contribution in [0.4, 0.5) is 0 Å². The maximum Gasteiger partial charge on any atom is 0.313 e. The first kappa shape index (κ1) is 26.9. The first-order valence-electron chi connectivity index (χ1n) is 12.9. The van der Waals surface area contributed by atoms with Gasteiger partial charge in [0.25, 0.3) is 0 Å². The van der Waals surface area contributed by atoms with Crippen molar-refractivity contribution < 1.29 is 38.1 Å². The van der Waals surface area contributed by atoms with Gasteiger partial charge in [0.2, 0.25) is 0 Å². The number of rotatable bonds is 8. The van der Waals surface area contributed by atoms with Crippen molar-refractivity contribution in [2.24, 2.45) is 16.7 Å². The Morgan fingerprint density at radius 3 is 2.18 bits per heavy atom. The predicted molar refractivity (Wildman–Crippen MR) is 124 cm³/mol. The third-order valence-corrected chi connectivity index (χ3v) is 7.95. The molecule has 4 rings (SSSR count). The molecular formula is C26H42O8. The Morgan fingerprint density at radius 2 is 1.56 bits per heavy atom. The van der Waals surface area contributed by atoms with Crippen LogP contribution in [0.25, 0.3) is 0 Å². The van der Waals surface area contributed by atoms with E-state index in [1.54, 1.807) is 0 Å². The van der Waals surface area contributed by atoms with Crippen molar-refractivity contribution in [2.75, 3.05) is 6.79 Å². The molecule has 0 aromatic carbocycles. The molecule has 8 heteroatoms. The molecule has 5 atom stereocenters. The fourth-order valence-electron chi connectivity index (χ4n) is 4.56. The summed E-state index contributed by atoms with van der Waals surface area (Å²) in [5, 5.41) is 0. The molecule has 2 bridgehead atoms. The van der Waals surface area contributed by atoms with Crippen molar-refractivity contribution >= 4 is 17.9 Å². The number of carbonyl (C=O) groups excluding carboxylic acids is 3. The largest absolute Gasteiger partial charge is 0.455 e. The maximum absolute atomic E-state index is 12.1. The molecule has 5 unspecified atom stereocenters. The minimum Gasteiger partial charge on any atom is -0.455 e. The lowest BCUT2D eigenvalue weighted by Gasteiger charge is -2.27. The highest BCUT2D eigenvalue weighted by molar-refractivity contribution is 5.79. The Morgan fingerprint density at radius 1 is 0.941 bits per heavy atom. The van der Waals surface area contributed by atoms with Crippen molar-refractivity contribution in [3.05, 3.63) is 0 Å². The van der Waals surface area contributed by atoms with Crippen LogP contribution in [0.15, 0.2) is 0 Å². The standard InChI is InChI=1S/C13H18O5.C13H24O3/c1-4-13(2,3)12(15)18-9-7-5-6-8(16-7)10(9)17-11(6)14;1-4-13(2,3)12(14)16-10-15-11-8-6-5-7-9-11/h6-10H,4-5H2,1-3H3;11H,4-10H2,1-3H3. The van der Waals surface area contributed by atoms with Gasteiger partial charge in [0.1, 0.15) is 6.10 Å². The quantitative estimate of drug-likeness (QED) is 0.287. The lowest BCUT2D eigenvalue weighted by Crippen LogP contribution is -2.42. The molecule has 3 saturated heterocycles. The predicted octanol–water partition coefficient (Wildman–Crippen LogP) is 4.32. The van der Waals surface area contributed by atoms with E-state index in [2.05, 4.69) is 0 Å². The van der Waals surface area contributed by atoms with Crippen LogP contribution in [-0.2, 0) is 38.1 Å². The summed E-state index contributed by atoms with van der Waals surface area (Å²) in [5.74, 6) is -0.758. The average Bonchev–Trinajstić information content (AvgIpc) is 3.45.